The van der Waals surface area contributed by atoms with Gasteiger partial charge in [0.2, 0.25) is 5.91 Å². The number of carbonyl (C=O) groups excluding carboxylic acids is 3. The molecule has 1 heterocycles. The van der Waals surface area contributed by atoms with Crippen LogP contribution in [-0.2, 0) is 19.1 Å². The second kappa shape index (κ2) is 3.75. The van der Waals surface area contributed by atoms with Crippen molar-refractivity contribution in [3.8, 4) is 0 Å². The summed E-state index contributed by atoms with van der Waals surface area (Å²) in [5.41, 5.74) is -0.813. The molecule has 0 aromatic heterocycles. The van der Waals surface area contributed by atoms with Gasteiger partial charge in [-0.1, -0.05) is 0 Å². The summed E-state index contributed by atoms with van der Waals surface area (Å²) in [4.78, 5) is 33.1. The summed E-state index contributed by atoms with van der Waals surface area (Å²) in [5, 5.41) is 11.4. The molecule has 0 radical (unpaired) electrons. The van der Waals surface area contributed by atoms with Gasteiger partial charge in [-0.2, -0.15) is 0 Å². The molecule has 1 rings (SSSR count). The maximum Gasteiger partial charge on any atom is 0.511 e. The van der Waals surface area contributed by atoms with E-state index in [0.717, 1.165) is 0 Å². The summed E-state index contributed by atoms with van der Waals surface area (Å²) in [6.45, 7) is 4.79. The largest absolute Gasteiger partial charge is 0.511 e. The van der Waals surface area contributed by atoms with E-state index < -0.39 is 35.8 Å². The zero-order valence-electron chi connectivity index (χ0n) is 9.20. The fraction of sp³-hybridized carbons (Fsp3) is 0.667. The Kier molecular flexibility index (Phi) is 2.91. The zero-order valence-corrected chi connectivity index (χ0v) is 9.20. The van der Waals surface area contributed by atoms with Crippen LogP contribution >= 0.6 is 0 Å². The average Bonchev–Trinajstić information content (AvgIpc) is 2.19. The Morgan fingerprint density at radius 2 is 2.00 bits per heavy atom. The lowest BCUT2D eigenvalue weighted by Crippen LogP contribution is -2.43. The van der Waals surface area contributed by atoms with Gasteiger partial charge in [0.05, 0.1) is 0 Å². The molecule has 0 aromatic rings. The molecule has 1 fully saturated rings. The predicted octanol–water partition coefficient (Wildman–Crippen LogP) is -0.327. The number of rotatable bonds is 1. The quantitative estimate of drug-likeness (QED) is 0.364. The molecule has 0 aliphatic carbocycles. The van der Waals surface area contributed by atoms with Crippen LogP contribution in [0.15, 0.2) is 0 Å². The first-order valence-corrected chi connectivity index (χ1v) is 4.61. The summed E-state index contributed by atoms with van der Waals surface area (Å²) >= 11 is 0. The molecule has 2 N–H and O–H groups in total. The van der Waals surface area contributed by atoms with Gasteiger partial charge in [0.1, 0.15) is 12.0 Å². The Labute approximate surface area is 91.7 Å². The number of aliphatic hydroxyl groups is 1. The van der Waals surface area contributed by atoms with Crippen LogP contribution in [0.5, 0.6) is 0 Å². The molecular formula is C9H13NO6. The van der Waals surface area contributed by atoms with Crippen LogP contribution < -0.4 is 5.32 Å². The van der Waals surface area contributed by atoms with E-state index in [4.69, 9.17) is 4.74 Å². The molecule has 2 amide bonds. The van der Waals surface area contributed by atoms with Gasteiger partial charge in [-0.05, 0) is 20.8 Å². The average molecular weight is 231 g/mol. The first-order valence-electron chi connectivity index (χ1n) is 4.61. The van der Waals surface area contributed by atoms with E-state index >= 15 is 0 Å². The minimum absolute atomic E-state index is 0.620. The minimum Gasteiger partial charge on any atom is -0.428 e. The molecule has 16 heavy (non-hydrogen) atoms. The molecule has 0 bridgehead atoms. The van der Waals surface area contributed by atoms with Crippen LogP contribution in [0, 0.1) is 0 Å². The molecular weight excluding hydrogens is 218 g/mol. The number of hydrogen-bond acceptors (Lipinski definition) is 6. The number of ether oxygens (including phenoxy) is 2. The summed E-state index contributed by atoms with van der Waals surface area (Å²) < 4.78 is 9.16. The monoisotopic (exact) mass is 231 g/mol. The first kappa shape index (κ1) is 12.4. The zero-order chi connectivity index (χ0) is 12.6. The standard InChI is InChI=1S/C9H13NO6/c1-8(2,3)15-7(13)16-9(14)4-5(11)10-6(9)12/h14H,4H2,1-3H3,(H,10,11,12). The van der Waals surface area contributed by atoms with Crippen molar-refractivity contribution < 1.29 is 29.0 Å². The third-order valence-electron chi connectivity index (χ3n) is 1.65. The van der Waals surface area contributed by atoms with Crippen LogP contribution in [0.25, 0.3) is 0 Å². The minimum atomic E-state index is -2.46. The molecule has 1 aliphatic rings. The highest BCUT2D eigenvalue weighted by Gasteiger charge is 2.50. The Morgan fingerprint density at radius 1 is 1.44 bits per heavy atom. The molecule has 7 nitrogen and oxygen atoms in total. The van der Waals surface area contributed by atoms with Gasteiger partial charge in [0.25, 0.3) is 5.91 Å². The highest BCUT2D eigenvalue weighted by molar-refractivity contribution is 6.07. The van der Waals surface area contributed by atoms with E-state index in [1.54, 1.807) is 20.8 Å². The number of amides is 2. The fourth-order valence-electron chi connectivity index (χ4n) is 1.06. The fourth-order valence-corrected chi connectivity index (χ4v) is 1.06. The normalized spacial score (nSPS) is 25.2. The molecule has 7 heteroatoms. The van der Waals surface area contributed by atoms with Crippen LogP contribution in [0.2, 0.25) is 0 Å². The van der Waals surface area contributed by atoms with E-state index in [9.17, 15) is 19.5 Å². The van der Waals surface area contributed by atoms with Gasteiger partial charge in [0.15, 0.2) is 0 Å². The summed E-state index contributed by atoms with van der Waals surface area (Å²) in [7, 11) is 0. The van der Waals surface area contributed by atoms with Gasteiger partial charge >= 0.3 is 11.9 Å². The lowest BCUT2D eigenvalue weighted by molar-refractivity contribution is -0.188. The molecule has 1 aliphatic heterocycles. The lowest BCUT2D eigenvalue weighted by Gasteiger charge is -2.23. The SMILES string of the molecule is CC(C)(C)OC(=O)OC1(O)CC(=O)NC1=O. The van der Waals surface area contributed by atoms with Gasteiger partial charge in [-0.15, -0.1) is 0 Å². The van der Waals surface area contributed by atoms with Crippen molar-refractivity contribution in [1.29, 1.82) is 0 Å². The smallest absolute Gasteiger partial charge is 0.428 e. The maximum absolute atomic E-state index is 11.2. The van der Waals surface area contributed by atoms with Crippen molar-refractivity contribution in [2.45, 2.75) is 38.6 Å². The van der Waals surface area contributed by atoms with Gasteiger partial charge in [-0.3, -0.25) is 14.9 Å². The maximum atomic E-state index is 11.2. The Morgan fingerprint density at radius 3 is 2.38 bits per heavy atom. The van der Waals surface area contributed by atoms with Gasteiger partial charge in [0, 0.05) is 0 Å². The molecule has 0 saturated carbocycles. The van der Waals surface area contributed by atoms with E-state index in [-0.39, 0.29) is 0 Å². The van der Waals surface area contributed by atoms with Crippen LogP contribution in [0.1, 0.15) is 27.2 Å². The Bertz CT molecular complexity index is 344. The molecule has 0 aromatic carbocycles. The topological polar surface area (TPSA) is 102 Å². The molecule has 90 valence electrons. The van der Waals surface area contributed by atoms with E-state index in [0.29, 0.717) is 0 Å². The van der Waals surface area contributed by atoms with Gasteiger partial charge < -0.3 is 14.6 Å². The third-order valence-corrected chi connectivity index (χ3v) is 1.65. The first-order chi connectivity index (χ1) is 7.12. The van der Waals surface area contributed by atoms with Crippen LogP contribution in [-0.4, -0.2) is 34.5 Å². The molecule has 1 atom stereocenters. The second-order valence-corrected chi connectivity index (χ2v) is 4.40. The van der Waals surface area contributed by atoms with Crippen LogP contribution in [0.3, 0.4) is 0 Å². The Balaban J connectivity index is 2.64. The number of imide groups is 1. The molecule has 1 saturated heterocycles. The van der Waals surface area contributed by atoms with Crippen molar-refractivity contribution in [2.24, 2.45) is 0 Å². The van der Waals surface area contributed by atoms with Crippen molar-refractivity contribution in [3.05, 3.63) is 0 Å². The van der Waals surface area contributed by atoms with E-state index in [2.05, 4.69) is 4.74 Å². The summed E-state index contributed by atoms with van der Waals surface area (Å²) in [5.74, 6) is -4.24. The molecule has 1 unspecified atom stereocenters. The highest BCUT2D eigenvalue weighted by Crippen LogP contribution is 2.20. The van der Waals surface area contributed by atoms with Crippen molar-refractivity contribution in [1.82, 2.24) is 5.32 Å². The lowest BCUT2D eigenvalue weighted by atomic mass is 10.2. The van der Waals surface area contributed by atoms with Crippen molar-refractivity contribution in [2.75, 3.05) is 0 Å². The van der Waals surface area contributed by atoms with Crippen molar-refractivity contribution in [3.63, 3.8) is 0 Å². The summed E-state index contributed by atoms with van der Waals surface area (Å²) in [6, 6.07) is 0. The van der Waals surface area contributed by atoms with E-state index in [1.807, 2.05) is 5.32 Å². The number of hydrogen-bond donors (Lipinski definition) is 2. The number of nitrogens with one attached hydrogen (secondary N) is 1. The molecule has 0 spiro atoms. The summed E-state index contributed by atoms with van der Waals surface area (Å²) in [6.07, 6.45) is -1.83. The third kappa shape index (κ3) is 2.93. The van der Waals surface area contributed by atoms with E-state index in [1.165, 1.54) is 0 Å². The van der Waals surface area contributed by atoms with Crippen LogP contribution in [0.4, 0.5) is 4.79 Å². The highest BCUT2D eigenvalue weighted by atomic mass is 16.8. The van der Waals surface area contributed by atoms with Gasteiger partial charge in [-0.25, -0.2) is 4.79 Å². The van der Waals surface area contributed by atoms with Crippen molar-refractivity contribution >= 4 is 18.0 Å². The second-order valence-electron chi connectivity index (χ2n) is 4.40. The number of carbonyl (C=O) groups is 3. The predicted molar refractivity (Wildman–Crippen MR) is 50.0 cm³/mol. The Hall–Kier alpha value is -1.63.